The molecule has 2 aromatic heterocycles. The summed E-state index contributed by atoms with van der Waals surface area (Å²) in [6.45, 7) is 0. The topological polar surface area (TPSA) is 105 Å². The van der Waals surface area contributed by atoms with E-state index in [0.717, 1.165) is 27.7 Å². The lowest BCUT2D eigenvalue weighted by Crippen LogP contribution is -2.11. The smallest absolute Gasteiger partial charge is 0.308 e. The summed E-state index contributed by atoms with van der Waals surface area (Å²) in [6.07, 6.45) is -4.82. The van der Waals surface area contributed by atoms with Gasteiger partial charge < -0.3 is 9.13 Å². The van der Waals surface area contributed by atoms with Crippen LogP contribution in [0.1, 0.15) is 27.8 Å². The molecule has 0 fully saturated rings. The van der Waals surface area contributed by atoms with Gasteiger partial charge in [0.15, 0.2) is 0 Å². The highest BCUT2D eigenvalue weighted by Crippen LogP contribution is 2.46. The minimum Gasteiger partial charge on any atom is -0.308 e. The summed E-state index contributed by atoms with van der Waals surface area (Å²) in [5.41, 5.74) is 2.49. The van der Waals surface area contributed by atoms with Crippen molar-refractivity contribution in [3.05, 3.63) is 143 Å². The van der Waals surface area contributed by atoms with E-state index in [-0.39, 0.29) is 27.9 Å². The molecule has 0 aliphatic heterocycles. The van der Waals surface area contributed by atoms with Crippen LogP contribution in [0.15, 0.2) is 115 Å². The maximum atomic E-state index is 14.8. The molecule has 0 saturated heterocycles. The van der Waals surface area contributed by atoms with Crippen molar-refractivity contribution in [2.75, 3.05) is 0 Å². The maximum absolute atomic E-state index is 14.8. The van der Waals surface area contributed by atoms with E-state index in [4.69, 9.17) is 0 Å². The lowest BCUT2D eigenvalue weighted by molar-refractivity contribution is -0.137. The number of aromatic nitrogens is 2. The second-order valence-electron chi connectivity index (χ2n) is 11.7. The Morgan fingerprint density at radius 3 is 1.62 bits per heavy atom. The van der Waals surface area contributed by atoms with Crippen molar-refractivity contribution in [3.63, 3.8) is 0 Å². The average Bonchev–Trinajstić information content (AvgIpc) is 3.65. The summed E-state index contributed by atoms with van der Waals surface area (Å²) < 4.78 is 47.9. The number of para-hydroxylation sites is 2. The fourth-order valence-electron chi connectivity index (χ4n) is 7.07. The number of benzene rings is 6. The number of halogens is 3. The van der Waals surface area contributed by atoms with Crippen LogP contribution in [0.2, 0.25) is 0 Å². The monoisotopic (exact) mass is 652 g/mol. The van der Waals surface area contributed by atoms with Gasteiger partial charge in [0.05, 0.1) is 73.9 Å². The van der Waals surface area contributed by atoms with Crippen LogP contribution in [-0.4, -0.2) is 9.13 Å². The largest absolute Gasteiger partial charge is 0.417 e. The van der Waals surface area contributed by atoms with Crippen molar-refractivity contribution < 1.29 is 13.2 Å². The molecule has 234 valence electrons. The van der Waals surface area contributed by atoms with Gasteiger partial charge in [-0.1, -0.05) is 48.5 Å². The molecule has 8 rings (SSSR count). The van der Waals surface area contributed by atoms with Crippen LogP contribution >= 0.6 is 0 Å². The zero-order chi connectivity index (χ0) is 34.7. The Morgan fingerprint density at radius 2 is 1.06 bits per heavy atom. The molecule has 2 heterocycles. The first-order chi connectivity index (χ1) is 24.3. The fraction of sp³-hybridized carbons (Fsp3) is 0.0244. The van der Waals surface area contributed by atoms with Crippen LogP contribution in [-0.2, 0) is 6.18 Å². The zero-order valence-electron chi connectivity index (χ0n) is 25.8. The molecule has 0 spiro atoms. The van der Waals surface area contributed by atoms with Gasteiger partial charge in [-0.05, 0) is 66.7 Å². The van der Waals surface area contributed by atoms with Crippen molar-refractivity contribution in [2.24, 2.45) is 0 Å². The molecule has 0 amide bonds. The molecular weight excluding hydrogens is 633 g/mol. The first-order valence-electron chi connectivity index (χ1n) is 15.3. The summed E-state index contributed by atoms with van der Waals surface area (Å²) in [5, 5.41) is 43.7. The second-order valence-corrected chi connectivity index (χ2v) is 11.7. The van der Waals surface area contributed by atoms with E-state index in [1.807, 2.05) is 53.1 Å². The number of fused-ring (bicyclic) bond motifs is 6. The van der Waals surface area contributed by atoms with E-state index in [0.29, 0.717) is 38.8 Å². The van der Waals surface area contributed by atoms with Crippen molar-refractivity contribution in [3.8, 4) is 46.8 Å². The first-order valence-corrected chi connectivity index (χ1v) is 15.3. The van der Waals surface area contributed by atoms with Gasteiger partial charge in [-0.2, -0.15) is 34.2 Å². The van der Waals surface area contributed by atoms with Gasteiger partial charge in [0.25, 0.3) is 0 Å². The Morgan fingerprint density at radius 1 is 0.500 bits per heavy atom. The molecule has 50 heavy (non-hydrogen) atoms. The molecule has 0 radical (unpaired) electrons. The van der Waals surface area contributed by atoms with E-state index >= 15 is 0 Å². The number of alkyl halides is 3. The normalized spacial score (nSPS) is 11.4. The van der Waals surface area contributed by atoms with Gasteiger partial charge in [-0.15, -0.1) is 0 Å². The van der Waals surface area contributed by atoms with Gasteiger partial charge in [0, 0.05) is 32.7 Å². The van der Waals surface area contributed by atoms with Gasteiger partial charge >= 0.3 is 6.18 Å². The molecule has 0 aliphatic rings. The van der Waals surface area contributed by atoms with Crippen LogP contribution in [0.3, 0.4) is 0 Å². The van der Waals surface area contributed by atoms with Crippen LogP contribution < -0.4 is 0 Å². The Balaban J connectivity index is 1.61. The summed E-state index contributed by atoms with van der Waals surface area (Å²) in [4.78, 5) is 0. The molecule has 9 heteroatoms. The molecular formula is C41H19F3N6. The molecule has 8 aromatic rings. The standard InChI is InChI=1S/C41H19F3N6/c42-41(43,44)33-9-5-6-26(22-47)39(33)29-14-17-38(49-34-10-3-1-7-27(34)30-18-24(20-45)12-15-36(30)49)32(23-48)40(29)50-35-11-4-2-8-28(35)31-19-25(21-46)13-16-37(31)50/h1-19H. The quantitative estimate of drug-likeness (QED) is 0.189. The highest BCUT2D eigenvalue weighted by atomic mass is 19.4. The molecule has 6 aromatic carbocycles. The van der Waals surface area contributed by atoms with Crippen molar-refractivity contribution in [2.45, 2.75) is 6.18 Å². The van der Waals surface area contributed by atoms with E-state index in [1.165, 1.54) is 18.2 Å². The Labute approximate surface area is 282 Å². The maximum Gasteiger partial charge on any atom is 0.417 e. The number of hydrogen-bond acceptors (Lipinski definition) is 4. The predicted molar refractivity (Wildman–Crippen MR) is 184 cm³/mol. The van der Waals surface area contributed by atoms with Crippen LogP contribution in [0, 0.1) is 45.3 Å². The fourth-order valence-corrected chi connectivity index (χ4v) is 7.07. The summed E-state index contributed by atoms with van der Waals surface area (Å²) in [5.74, 6) is 0. The Kier molecular flexibility index (Phi) is 6.69. The van der Waals surface area contributed by atoms with E-state index in [2.05, 4.69) is 18.2 Å². The summed E-state index contributed by atoms with van der Waals surface area (Å²) in [6, 6.07) is 40.3. The number of nitrogens with zero attached hydrogens (tertiary/aromatic N) is 6. The van der Waals surface area contributed by atoms with E-state index < -0.39 is 11.7 Å². The number of rotatable bonds is 3. The highest BCUT2D eigenvalue weighted by Gasteiger charge is 2.36. The van der Waals surface area contributed by atoms with E-state index in [9.17, 15) is 34.2 Å². The van der Waals surface area contributed by atoms with Gasteiger partial charge in [0.2, 0.25) is 0 Å². The third-order valence-corrected chi connectivity index (χ3v) is 9.10. The van der Waals surface area contributed by atoms with Crippen LogP contribution in [0.5, 0.6) is 0 Å². The van der Waals surface area contributed by atoms with Crippen LogP contribution in [0.25, 0.3) is 66.1 Å². The predicted octanol–water partition coefficient (Wildman–Crippen LogP) is 10.1. The SMILES string of the molecule is N#Cc1ccc2c(c1)c1ccccc1n2-c1ccc(-c2c(C#N)cccc2C(F)(F)F)c(-n2c3ccccc3c3cc(C#N)ccc32)c1C#N. The molecule has 0 atom stereocenters. The first kappa shape index (κ1) is 30.0. The minimum absolute atomic E-state index is 0.0364. The average molecular weight is 653 g/mol. The lowest BCUT2D eigenvalue weighted by Gasteiger charge is -2.22. The molecule has 0 aliphatic carbocycles. The van der Waals surface area contributed by atoms with E-state index in [1.54, 1.807) is 53.1 Å². The number of hydrogen-bond donors (Lipinski definition) is 0. The second kappa shape index (κ2) is 11.1. The lowest BCUT2D eigenvalue weighted by atomic mass is 9.90. The molecule has 0 bridgehead atoms. The van der Waals surface area contributed by atoms with Crippen LogP contribution in [0.4, 0.5) is 13.2 Å². The minimum atomic E-state index is -4.82. The third kappa shape index (κ3) is 4.32. The van der Waals surface area contributed by atoms with Crippen molar-refractivity contribution >= 4 is 43.6 Å². The summed E-state index contributed by atoms with van der Waals surface area (Å²) in [7, 11) is 0. The highest BCUT2D eigenvalue weighted by molar-refractivity contribution is 6.12. The summed E-state index contributed by atoms with van der Waals surface area (Å²) >= 11 is 0. The van der Waals surface area contributed by atoms with Crippen molar-refractivity contribution in [1.82, 2.24) is 9.13 Å². The molecule has 0 saturated carbocycles. The zero-order valence-corrected chi connectivity index (χ0v) is 25.8. The molecule has 0 N–H and O–H groups in total. The Bertz CT molecular complexity index is 2920. The van der Waals surface area contributed by atoms with Gasteiger partial charge in [0.1, 0.15) is 11.6 Å². The Hall–Kier alpha value is -7.33. The third-order valence-electron chi connectivity index (χ3n) is 9.10. The van der Waals surface area contributed by atoms with Gasteiger partial charge in [-0.25, -0.2) is 0 Å². The number of nitriles is 4. The van der Waals surface area contributed by atoms with Gasteiger partial charge in [-0.3, -0.25) is 0 Å². The molecule has 0 unspecified atom stereocenters. The molecule has 6 nitrogen and oxygen atoms in total. The van der Waals surface area contributed by atoms with Crippen molar-refractivity contribution in [1.29, 1.82) is 21.0 Å².